The molecule has 0 radical (unpaired) electrons. The zero-order valence-corrected chi connectivity index (χ0v) is 16.8. The number of nitrogens with one attached hydrogen (secondary N) is 3. The zero-order chi connectivity index (χ0) is 21.7. The number of halogens is 2. The van der Waals surface area contributed by atoms with E-state index in [0.29, 0.717) is 0 Å². The maximum Gasteiger partial charge on any atom is 0.446 e. The van der Waals surface area contributed by atoms with Crippen molar-refractivity contribution >= 4 is 21.7 Å². The molecule has 158 valence electrons. The second kappa shape index (κ2) is 9.17. The van der Waals surface area contributed by atoms with E-state index in [9.17, 15) is 19.3 Å². The topological polar surface area (TPSA) is 166 Å². The molecule has 2 aromatic heterocycles. The van der Waals surface area contributed by atoms with E-state index in [1.165, 1.54) is 25.2 Å². The summed E-state index contributed by atoms with van der Waals surface area (Å²) >= 11 is 3.06. The first-order valence-electron chi connectivity index (χ1n) is 8.28. The first kappa shape index (κ1) is 21.0. The SMILES string of the molecule is CNC(=C[N+](=O)[O-])NCCNc1nonc1-c1noc(=O)n1-c1ccc(F)c(Br)c1. The molecule has 0 saturated carbocycles. The van der Waals surface area contributed by atoms with Crippen LogP contribution in [0, 0.1) is 15.9 Å². The van der Waals surface area contributed by atoms with E-state index < -0.39 is 16.5 Å². The van der Waals surface area contributed by atoms with Gasteiger partial charge in [-0.1, -0.05) is 5.16 Å². The van der Waals surface area contributed by atoms with E-state index in [2.05, 4.69) is 47.4 Å². The molecule has 0 saturated heterocycles. The molecule has 0 aliphatic carbocycles. The van der Waals surface area contributed by atoms with Gasteiger partial charge in [-0.05, 0) is 44.4 Å². The lowest BCUT2D eigenvalue weighted by Crippen LogP contribution is -2.29. The standard InChI is InChI=1S/C15H14BrFN8O5/c1-18-11(7-24(27)28)19-4-5-20-13-12(21-30-22-13)14-23-29-15(26)25(14)8-2-3-10(17)9(16)6-8/h2-3,6-7,18-19H,4-5H2,1H3,(H,20,22). The van der Waals surface area contributed by atoms with E-state index in [-0.39, 0.29) is 46.4 Å². The molecule has 3 rings (SSSR count). The van der Waals surface area contributed by atoms with Crippen molar-refractivity contribution in [3.63, 3.8) is 0 Å². The second-order valence-corrected chi connectivity index (χ2v) is 6.45. The molecule has 0 unspecified atom stereocenters. The molecule has 0 spiro atoms. The van der Waals surface area contributed by atoms with E-state index in [4.69, 9.17) is 9.15 Å². The Morgan fingerprint density at radius 1 is 1.37 bits per heavy atom. The van der Waals surface area contributed by atoms with Crippen LogP contribution in [0.4, 0.5) is 10.2 Å². The maximum absolute atomic E-state index is 13.5. The van der Waals surface area contributed by atoms with Crippen molar-refractivity contribution in [3.05, 3.63) is 61.2 Å². The fourth-order valence-electron chi connectivity index (χ4n) is 2.38. The van der Waals surface area contributed by atoms with Crippen LogP contribution >= 0.6 is 15.9 Å². The van der Waals surface area contributed by atoms with Crippen LogP contribution in [0.5, 0.6) is 0 Å². The van der Waals surface area contributed by atoms with Gasteiger partial charge in [0, 0.05) is 20.1 Å². The molecular formula is C15H14BrFN8O5. The Balaban J connectivity index is 1.78. The quantitative estimate of drug-likeness (QED) is 0.225. The van der Waals surface area contributed by atoms with Gasteiger partial charge in [-0.15, -0.1) is 0 Å². The van der Waals surface area contributed by atoms with Gasteiger partial charge in [-0.25, -0.2) is 18.4 Å². The maximum atomic E-state index is 13.5. The zero-order valence-electron chi connectivity index (χ0n) is 15.3. The van der Waals surface area contributed by atoms with Crippen molar-refractivity contribution < 1.29 is 18.5 Å². The molecule has 3 aromatic rings. The van der Waals surface area contributed by atoms with Gasteiger partial charge in [0.15, 0.2) is 11.5 Å². The van der Waals surface area contributed by atoms with Crippen molar-refractivity contribution in [2.24, 2.45) is 0 Å². The van der Waals surface area contributed by atoms with Crippen molar-refractivity contribution in [2.45, 2.75) is 0 Å². The summed E-state index contributed by atoms with van der Waals surface area (Å²) in [6, 6.07) is 3.92. The molecule has 13 nitrogen and oxygen atoms in total. The summed E-state index contributed by atoms with van der Waals surface area (Å²) in [5.74, 6) is -0.964. The van der Waals surface area contributed by atoms with E-state index in [0.717, 1.165) is 10.8 Å². The molecule has 30 heavy (non-hydrogen) atoms. The van der Waals surface area contributed by atoms with Crippen LogP contribution in [0.2, 0.25) is 0 Å². The average molecular weight is 485 g/mol. The number of hydrogen-bond acceptors (Lipinski definition) is 11. The van der Waals surface area contributed by atoms with E-state index in [1.807, 2.05) is 0 Å². The second-order valence-electron chi connectivity index (χ2n) is 5.60. The summed E-state index contributed by atoms with van der Waals surface area (Å²) < 4.78 is 24.2. The van der Waals surface area contributed by atoms with Crippen molar-refractivity contribution in [3.8, 4) is 17.2 Å². The minimum Gasteiger partial charge on any atom is -0.370 e. The Kier molecular flexibility index (Phi) is 6.41. The van der Waals surface area contributed by atoms with Crippen LogP contribution in [0.25, 0.3) is 17.2 Å². The third kappa shape index (κ3) is 4.62. The molecule has 0 aliphatic rings. The molecule has 3 N–H and O–H groups in total. The highest BCUT2D eigenvalue weighted by Gasteiger charge is 2.23. The smallest absolute Gasteiger partial charge is 0.370 e. The summed E-state index contributed by atoms with van der Waals surface area (Å²) in [4.78, 5) is 22.1. The van der Waals surface area contributed by atoms with Gasteiger partial charge < -0.3 is 16.0 Å². The highest BCUT2D eigenvalue weighted by molar-refractivity contribution is 9.10. The van der Waals surface area contributed by atoms with Gasteiger partial charge in [-0.2, -0.15) is 0 Å². The minimum atomic E-state index is -0.817. The van der Waals surface area contributed by atoms with Gasteiger partial charge in [-0.3, -0.25) is 14.6 Å². The molecular weight excluding hydrogens is 471 g/mol. The van der Waals surface area contributed by atoms with Gasteiger partial charge in [0.1, 0.15) is 5.82 Å². The van der Waals surface area contributed by atoms with Gasteiger partial charge in [0.2, 0.25) is 11.6 Å². The van der Waals surface area contributed by atoms with Gasteiger partial charge in [0.05, 0.1) is 15.1 Å². The van der Waals surface area contributed by atoms with Crippen molar-refractivity contribution in [1.29, 1.82) is 0 Å². The van der Waals surface area contributed by atoms with Crippen LogP contribution < -0.4 is 21.7 Å². The van der Waals surface area contributed by atoms with Crippen LogP contribution in [0.3, 0.4) is 0 Å². The lowest BCUT2D eigenvalue weighted by Gasteiger charge is -2.08. The molecule has 0 fully saturated rings. The fourth-order valence-corrected chi connectivity index (χ4v) is 2.75. The monoisotopic (exact) mass is 484 g/mol. The number of benzene rings is 1. The Bertz CT molecular complexity index is 1140. The molecule has 0 aliphatic heterocycles. The van der Waals surface area contributed by atoms with Crippen LogP contribution in [0.15, 0.2) is 48.6 Å². The summed E-state index contributed by atoms with van der Waals surface area (Å²) in [6.07, 6.45) is 0.790. The molecule has 2 heterocycles. The molecule has 15 heteroatoms. The third-order valence-corrected chi connectivity index (χ3v) is 4.31. The summed E-state index contributed by atoms with van der Waals surface area (Å²) in [7, 11) is 1.53. The number of nitro groups is 1. The normalized spacial score (nSPS) is 11.4. The molecule has 1 aromatic carbocycles. The average Bonchev–Trinajstić information content (AvgIpc) is 3.32. The third-order valence-electron chi connectivity index (χ3n) is 3.70. The first-order valence-corrected chi connectivity index (χ1v) is 9.08. The Morgan fingerprint density at radius 2 is 2.17 bits per heavy atom. The van der Waals surface area contributed by atoms with Crippen LogP contribution in [0.1, 0.15) is 0 Å². The number of hydrogen-bond donors (Lipinski definition) is 3. The highest BCUT2D eigenvalue weighted by atomic mass is 79.9. The Morgan fingerprint density at radius 3 is 2.87 bits per heavy atom. The predicted molar refractivity (Wildman–Crippen MR) is 104 cm³/mol. The minimum absolute atomic E-state index is 0.0145. The predicted octanol–water partition coefficient (Wildman–Crippen LogP) is 1.07. The summed E-state index contributed by atoms with van der Waals surface area (Å²) in [5.41, 5.74) is 0.361. The highest BCUT2D eigenvalue weighted by Crippen LogP contribution is 2.25. The first-order chi connectivity index (χ1) is 14.4. The molecule has 0 amide bonds. The van der Waals surface area contributed by atoms with Crippen molar-refractivity contribution in [1.82, 2.24) is 30.7 Å². The van der Waals surface area contributed by atoms with Crippen LogP contribution in [-0.4, -0.2) is 45.1 Å². The van der Waals surface area contributed by atoms with E-state index in [1.54, 1.807) is 0 Å². The summed E-state index contributed by atoms with van der Waals surface area (Å²) in [5, 5.41) is 30.1. The Hall–Kier alpha value is -3.75. The number of rotatable bonds is 9. The largest absolute Gasteiger partial charge is 0.446 e. The van der Waals surface area contributed by atoms with Gasteiger partial charge in [0.25, 0.3) is 6.20 Å². The molecule has 0 bridgehead atoms. The van der Waals surface area contributed by atoms with E-state index >= 15 is 0 Å². The Labute approximate surface area is 175 Å². The van der Waals surface area contributed by atoms with Crippen LogP contribution in [-0.2, 0) is 0 Å². The fraction of sp³-hybridized carbons (Fsp3) is 0.200. The molecule has 0 atom stereocenters. The lowest BCUT2D eigenvalue weighted by molar-refractivity contribution is -0.404. The van der Waals surface area contributed by atoms with Crippen molar-refractivity contribution in [2.75, 3.05) is 25.5 Å². The lowest BCUT2D eigenvalue weighted by atomic mass is 10.3. The summed E-state index contributed by atoms with van der Waals surface area (Å²) in [6.45, 7) is 0.547. The number of aromatic nitrogens is 4. The number of anilines is 1. The number of nitrogens with zero attached hydrogens (tertiary/aromatic N) is 5. The van der Waals surface area contributed by atoms with Gasteiger partial charge >= 0.3 is 5.76 Å².